The number of nitrogens with one attached hydrogen (secondary N) is 1. The number of likely N-dealkylation sites (tertiary alicyclic amines) is 1. The van der Waals surface area contributed by atoms with E-state index in [1.807, 2.05) is 0 Å². The normalized spacial score (nSPS) is 27.5. The summed E-state index contributed by atoms with van der Waals surface area (Å²) in [5.74, 6) is 0.888. The molecule has 0 aromatic heterocycles. The van der Waals surface area contributed by atoms with Crippen LogP contribution in [0.5, 0.6) is 0 Å². The van der Waals surface area contributed by atoms with E-state index in [0.29, 0.717) is 6.04 Å². The quantitative estimate of drug-likeness (QED) is 0.844. The number of hydrogen-bond donors (Lipinski definition) is 2. The van der Waals surface area contributed by atoms with E-state index in [1.165, 1.54) is 31.2 Å². The summed E-state index contributed by atoms with van der Waals surface area (Å²) in [6.07, 6.45) is 6.36. The van der Waals surface area contributed by atoms with Crippen LogP contribution in [0.2, 0.25) is 0 Å². The predicted octanol–water partition coefficient (Wildman–Crippen LogP) is 2.40. The molecule has 3 rings (SSSR count). The minimum absolute atomic E-state index is 0.160. The summed E-state index contributed by atoms with van der Waals surface area (Å²) in [7, 11) is 0. The molecular weight excluding hydrogens is 260 g/mol. The Morgan fingerprint density at radius 1 is 1.10 bits per heavy atom. The maximum Gasteiger partial charge on any atom is 0.0682 e. The van der Waals surface area contributed by atoms with Gasteiger partial charge < -0.3 is 10.4 Å². The molecule has 0 radical (unpaired) electrons. The van der Waals surface area contributed by atoms with Crippen molar-refractivity contribution in [2.75, 3.05) is 19.6 Å². The molecule has 21 heavy (non-hydrogen) atoms. The molecule has 2 atom stereocenters. The molecule has 2 aliphatic rings. The van der Waals surface area contributed by atoms with Crippen molar-refractivity contribution in [3.8, 4) is 0 Å². The third-order valence-electron chi connectivity index (χ3n) is 5.02. The fourth-order valence-electron chi connectivity index (χ4n) is 3.85. The Labute approximate surface area is 128 Å². The van der Waals surface area contributed by atoms with Crippen LogP contribution in [0.1, 0.15) is 37.7 Å². The number of aliphatic hydroxyl groups excluding tert-OH is 1. The summed E-state index contributed by atoms with van der Waals surface area (Å²) in [5.41, 5.74) is 1.34. The van der Waals surface area contributed by atoms with Gasteiger partial charge in [0.25, 0.3) is 0 Å². The van der Waals surface area contributed by atoms with E-state index in [1.54, 1.807) is 0 Å². The molecule has 1 saturated heterocycles. The molecule has 2 unspecified atom stereocenters. The van der Waals surface area contributed by atoms with E-state index in [-0.39, 0.29) is 6.10 Å². The standard InChI is InChI=1S/C18H28N2O/c21-18-10-17(12-19-11-15-6-4-5-7-15)20(14-18)13-16-8-2-1-3-9-16/h1-3,8-9,15,17-19,21H,4-7,10-14H2. The average Bonchev–Trinajstić information content (AvgIpc) is 3.11. The van der Waals surface area contributed by atoms with Gasteiger partial charge in [0.1, 0.15) is 0 Å². The van der Waals surface area contributed by atoms with Crippen LogP contribution in [-0.2, 0) is 6.54 Å². The van der Waals surface area contributed by atoms with Gasteiger partial charge in [0.15, 0.2) is 0 Å². The lowest BCUT2D eigenvalue weighted by Gasteiger charge is -2.25. The fraction of sp³-hybridized carbons (Fsp3) is 0.667. The van der Waals surface area contributed by atoms with Gasteiger partial charge >= 0.3 is 0 Å². The molecule has 1 aliphatic heterocycles. The first-order chi connectivity index (χ1) is 10.3. The van der Waals surface area contributed by atoms with Crippen molar-refractivity contribution in [2.45, 2.75) is 50.8 Å². The number of aliphatic hydroxyl groups is 1. The zero-order valence-electron chi connectivity index (χ0n) is 12.9. The largest absolute Gasteiger partial charge is 0.392 e. The molecule has 1 heterocycles. The topological polar surface area (TPSA) is 35.5 Å². The highest BCUT2D eigenvalue weighted by molar-refractivity contribution is 5.15. The molecule has 3 heteroatoms. The third-order valence-corrected chi connectivity index (χ3v) is 5.02. The molecule has 0 spiro atoms. The van der Waals surface area contributed by atoms with Crippen molar-refractivity contribution in [1.29, 1.82) is 0 Å². The van der Waals surface area contributed by atoms with Crippen LogP contribution < -0.4 is 5.32 Å². The minimum atomic E-state index is -0.160. The molecule has 1 aromatic carbocycles. The average molecular weight is 288 g/mol. The number of rotatable bonds is 6. The molecule has 116 valence electrons. The van der Waals surface area contributed by atoms with E-state index in [9.17, 15) is 5.11 Å². The summed E-state index contributed by atoms with van der Waals surface area (Å²) in [4.78, 5) is 2.43. The molecule has 1 saturated carbocycles. The monoisotopic (exact) mass is 288 g/mol. The van der Waals surface area contributed by atoms with Crippen LogP contribution in [0.25, 0.3) is 0 Å². The van der Waals surface area contributed by atoms with E-state index >= 15 is 0 Å². The van der Waals surface area contributed by atoms with Crippen LogP contribution in [-0.4, -0.2) is 41.8 Å². The van der Waals surface area contributed by atoms with Crippen molar-refractivity contribution in [2.24, 2.45) is 5.92 Å². The Morgan fingerprint density at radius 3 is 2.62 bits per heavy atom. The minimum Gasteiger partial charge on any atom is -0.392 e. The summed E-state index contributed by atoms with van der Waals surface area (Å²) in [6.45, 7) is 3.94. The number of benzene rings is 1. The molecular formula is C18H28N2O. The van der Waals surface area contributed by atoms with Gasteiger partial charge in [-0.3, -0.25) is 4.90 Å². The Balaban J connectivity index is 1.47. The van der Waals surface area contributed by atoms with E-state index < -0.39 is 0 Å². The number of nitrogens with zero attached hydrogens (tertiary/aromatic N) is 1. The Kier molecular flexibility index (Phi) is 5.28. The summed E-state index contributed by atoms with van der Waals surface area (Å²) in [5, 5.41) is 13.6. The molecule has 2 fully saturated rings. The van der Waals surface area contributed by atoms with Gasteiger partial charge in [-0.15, -0.1) is 0 Å². The van der Waals surface area contributed by atoms with Gasteiger partial charge in [-0.05, 0) is 37.3 Å². The van der Waals surface area contributed by atoms with Gasteiger partial charge in [0.2, 0.25) is 0 Å². The van der Waals surface area contributed by atoms with Crippen molar-refractivity contribution in [3.63, 3.8) is 0 Å². The predicted molar refractivity (Wildman–Crippen MR) is 86.1 cm³/mol. The lowest BCUT2D eigenvalue weighted by Crippen LogP contribution is -2.38. The smallest absolute Gasteiger partial charge is 0.0682 e. The summed E-state index contributed by atoms with van der Waals surface area (Å²) in [6, 6.07) is 11.1. The number of hydrogen-bond acceptors (Lipinski definition) is 3. The highest BCUT2D eigenvalue weighted by Gasteiger charge is 2.30. The lowest BCUT2D eigenvalue weighted by molar-refractivity contribution is 0.172. The van der Waals surface area contributed by atoms with Crippen molar-refractivity contribution in [3.05, 3.63) is 35.9 Å². The molecule has 3 nitrogen and oxygen atoms in total. The van der Waals surface area contributed by atoms with Gasteiger partial charge in [-0.1, -0.05) is 43.2 Å². The highest BCUT2D eigenvalue weighted by atomic mass is 16.3. The summed E-state index contributed by atoms with van der Waals surface area (Å²) < 4.78 is 0. The Hall–Kier alpha value is -0.900. The van der Waals surface area contributed by atoms with E-state index in [0.717, 1.165) is 38.5 Å². The summed E-state index contributed by atoms with van der Waals surface area (Å²) >= 11 is 0. The van der Waals surface area contributed by atoms with Crippen LogP contribution in [0, 0.1) is 5.92 Å². The van der Waals surface area contributed by atoms with Crippen LogP contribution in [0.4, 0.5) is 0 Å². The first-order valence-electron chi connectivity index (χ1n) is 8.48. The SMILES string of the molecule is OC1CC(CNCC2CCCC2)N(Cc2ccccc2)C1. The second-order valence-corrected chi connectivity index (χ2v) is 6.77. The van der Waals surface area contributed by atoms with Crippen LogP contribution in [0.3, 0.4) is 0 Å². The molecule has 0 amide bonds. The second kappa shape index (κ2) is 7.39. The fourth-order valence-corrected chi connectivity index (χ4v) is 3.85. The highest BCUT2D eigenvalue weighted by Crippen LogP contribution is 2.24. The van der Waals surface area contributed by atoms with Crippen molar-refractivity contribution in [1.82, 2.24) is 10.2 Å². The second-order valence-electron chi connectivity index (χ2n) is 6.77. The van der Waals surface area contributed by atoms with Gasteiger partial charge in [-0.25, -0.2) is 0 Å². The zero-order valence-corrected chi connectivity index (χ0v) is 12.9. The van der Waals surface area contributed by atoms with Crippen molar-refractivity contribution >= 4 is 0 Å². The number of β-amino-alcohol motifs (C(OH)–C–C–N with tert-alkyl or cyclic N) is 1. The Morgan fingerprint density at radius 2 is 1.86 bits per heavy atom. The van der Waals surface area contributed by atoms with Crippen LogP contribution in [0.15, 0.2) is 30.3 Å². The van der Waals surface area contributed by atoms with Crippen molar-refractivity contribution < 1.29 is 5.11 Å². The first-order valence-corrected chi connectivity index (χ1v) is 8.48. The van der Waals surface area contributed by atoms with Gasteiger partial charge in [0.05, 0.1) is 6.10 Å². The molecule has 1 aliphatic carbocycles. The maximum absolute atomic E-state index is 9.99. The molecule has 1 aromatic rings. The molecule has 0 bridgehead atoms. The zero-order chi connectivity index (χ0) is 14.5. The Bertz CT molecular complexity index is 416. The van der Waals surface area contributed by atoms with Crippen LogP contribution >= 0.6 is 0 Å². The van der Waals surface area contributed by atoms with Gasteiger partial charge in [0, 0.05) is 25.7 Å². The molecule has 2 N–H and O–H groups in total. The first kappa shape index (κ1) is 15.0. The van der Waals surface area contributed by atoms with E-state index in [2.05, 4.69) is 40.5 Å². The lowest BCUT2D eigenvalue weighted by atomic mass is 10.1. The van der Waals surface area contributed by atoms with Gasteiger partial charge in [-0.2, -0.15) is 0 Å². The van der Waals surface area contributed by atoms with E-state index in [4.69, 9.17) is 0 Å². The third kappa shape index (κ3) is 4.29. The maximum atomic E-state index is 9.99.